The fourth-order valence-corrected chi connectivity index (χ4v) is 2.05. The molecule has 0 saturated carbocycles. The largest absolute Gasteiger partial charge is 0.376 e. The number of halogens is 1. The van der Waals surface area contributed by atoms with E-state index in [0.29, 0.717) is 17.3 Å². The molecule has 0 bridgehead atoms. The smallest absolute Gasteiger partial charge is 0.250 e. The van der Waals surface area contributed by atoms with Crippen molar-refractivity contribution in [1.82, 2.24) is 4.98 Å². The molecule has 1 amide bonds. The second-order valence-corrected chi connectivity index (χ2v) is 4.81. The Morgan fingerprint density at radius 1 is 1.58 bits per heavy atom. The van der Waals surface area contributed by atoms with Crippen molar-refractivity contribution in [2.24, 2.45) is 0 Å². The molecule has 2 rings (SSSR count). The van der Waals surface area contributed by atoms with Crippen molar-refractivity contribution in [2.45, 2.75) is 25.4 Å². The van der Waals surface area contributed by atoms with Crippen LogP contribution in [0.2, 0.25) is 5.02 Å². The highest BCUT2D eigenvalue weighted by Crippen LogP contribution is 2.18. The molecule has 0 aliphatic carbocycles. The number of carbonyl (C=O) groups excluding carboxylic acids is 1. The van der Waals surface area contributed by atoms with Gasteiger partial charge >= 0.3 is 0 Å². The van der Waals surface area contributed by atoms with E-state index in [-0.39, 0.29) is 18.6 Å². The number of pyridine rings is 1. The number of hydrogen-bond donors (Lipinski definition) is 1. The summed E-state index contributed by atoms with van der Waals surface area (Å²) < 4.78 is 10.9. The predicted octanol–water partition coefficient (Wildman–Crippen LogP) is 2.26. The van der Waals surface area contributed by atoms with Crippen LogP contribution in [0.1, 0.15) is 19.3 Å². The van der Waals surface area contributed by atoms with Gasteiger partial charge in [0.25, 0.3) is 0 Å². The average molecular weight is 285 g/mol. The van der Waals surface area contributed by atoms with Crippen molar-refractivity contribution in [1.29, 1.82) is 0 Å². The van der Waals surface area contributed by atoms with Crippen LogP contribution in [0.5, 0.6) is 0 Å². The number of rotatable bonds is 5. The third kappa shape index (κ3) is 4.78. The summed E-state index contributed by atoms with van der Waals surface area (Å²) in [6.45, 7) is 1.24. The standard InChI is InChI=1S/C13H17ClN2O3/c14-11-7-15-5-4-12(11)16-13(17)9-18-8-10-3-1-2-6-19-10/h4-5,7,10H,1-3,6,8-9H2,(H,15,16,17). The fraction of sp³-hybridized carbons (Fsp3) is 0.538. The van der Waals surface area contributed by atoms with Gasteiger partial charge in [0.05, 0.1) is 23.4 Å². The fourth-order valence-electron chi connectivity index (χ4n) is 1.88. The van der Waals surface area contributed by atoms with Gasteiger partial charge in [0, 0.05) is 19.0 Å². The van der Waals surface area contributed by atoms with Crippen LogP contribution in [0.3, 0.4) is 0 Å². The molecule has 104 valence electrons. The Bertz CT molecular complexity index is 422. The first-order chi connectivity index (χ1) is 9.25. The van der Waals surface area contributed by atoms with Gasteiger partial charge in [-0.05, 0) is 25.3 Å². The number of aromatic nitrogens is 1. The number of carbonyl (C=O) groups is 1. The number of anilines is 1. The van der Waals surface area contributed by atoms with Crippen molar-refractivity contribution >= 4 is 23.2 Å². The zero-order valence-electron chi connectivity index (χ0n) is 10.6. The number of nitrogens with one attached hydrogen (secondary N) is 1. The summed E-state index contributed by atoms with van der Waals surface area (Å²) in [4.78, 5) is 15.5. The molecule has 1 aliphatic heterocycles. The minimum atomic E-state index is -0.232. The zero-order valence-corrected chi connectivity index (χ0v) is 11.4. The molecule has 1 aromatic rings. The maximum Gasteiger partial charge on any atom is 0.250 e. The van der Waals surface area contributed by atoms with Gasteiger partial charge in [-0.1, -0.05) is 11.6 Å². The first-order valence-corrected chi connectivity index (χ1v) is 6.72. The molecule has 0 aromatic carbocycles. The van der Waals surface area contributed by atoms with Crippen LogP contribution >= 0.6 is 11.6 Å². The van der Waals surface area contributed by atoms with E-state index >= 15 is 0 Å². The van der Waals surface area contributed by atoms with Crippen LogP contribution in [0, 0.1) is 0 Å². The van der Waals surface area contributed by atoms with E-state index < -0.39 is 0 Å². The van der Waals surface area contributed by atoms with Gasteiger partial charge in [-0.25, -0.2) is 0 Å². The van der Waals surface area contributed by atoms with E-state index in [2.05, 4.69) is 10.3 Å². The summed E-state index contributed by atoms with van der Waals surface area (Å²) >= 11 is 5.89. The predicted molar refractivity (Wildman–Crippen MR) is 72.3 cm³/mol. The van der Waals surface area contributed by atoms with Crippen LogP contribution in [-0.2, 0) is 14.3 Å². The highest BCUT2D eigenvalue weighted by Gasteiger charge is 2.14. The molecule has 5 nitrogen and oxygen atoms in total. The molecule has 1 aliphatic rings. The highest BCUT2D eigenvalue weighted by molar-refractivity contribution is 6.33. The van der Waals surface area contributed by atoms with E-state index in [1.807, 2.05) is 0 Å². The first kappa shape index (κ1) is 14.2. The molecule has 1 unspecified atom stereocenters. The molecule has 2 heterocycles. The highest BCUT2D eigenvalue weighted by atomic mass is 35.5. The van der Waals surface area contributed by atoms with E-state index in [1.54, 1.807) is 12.3 Å². The van der Waals surface area contributed by atoms with Gasteiger partial charge in [0.1, 0.15) is 6.61 Å². The van der Waals surface area contributed by atoms with Gasteiger partial charge in [-0.15, -0.1) is 0 Å². The summed E-state index contributed by atoms with van der Waals surface area (Å²) in [5.41, 5.74) is 0.541. The molecule has 0 radical (unpaired) electrons. The van der Waals surface area contributed by atoms with Gasteiger partial charge in [-0.2, -0.15) is 0 Å². The van der Waals surface area contributed by atoms with Gasteiger partial charge < -0.3 is 14.8 Å². The van der Waals surface area contributed by atoms with Gasteiger partial charge in [-0.3, -0.25) is 9.78 Å². The Balaban J connectivity index is 1.68. The topological polar surface area (TPSA) is 60.5 Å². The van der Waals surface area contributed by atoms with E-state index in [4.69, 9.17) is 21.1 Å². The molecule has 1 saturated heterocycles. The Kier molecular flexibility index (Phi) is 5.57. The summed E-state index contributed by atoms with van der Waals surface area (Å²) in [6.07, 6.45) is 6.43. The molecule has 1 atom stereocenters. The van der Waals surface area contributed by atoms with Crippen LogP contribution in [0.15, 0.2) is 18.5 Å². The van der Waals surface area contributed by atoms with Crippen molar-refractivity contribution in [2.75, 3.05) is 25.1 Å². The zero-order chi connectivity index (χ0) is 13.5. The van der Waals surface area contributed by atoms with Crippen LogP contribution in [-0.4, -0.2) is 36.8 Å². The molecule has 1 fully saturated rings. The summed E-state index contributed by atoms with van der Waals surface area (Å²) in [5, 5.41) is 3.08. The van der Waals surface area contributed by atoms with Crippen molar-refractivity contribution < 1.29 is 14.3 Å². The Labute approximate surface area is 117 Å². The summed E-state index contributed by atoms with van der Waals surface area (Å²) in [5.74, 6) is -0.232. The number of nitrogens with zero attached hydrogens (tertiary/aromatic N) is 1. The van der Waals surface area contributed by atoms with Crippen LogP contribution < -0.4 is 5.32 Å². The van der Waals surface area contributed by atoms with Crippen molar-refractivity contribution in [3.8, 4) is 0 Å². The van der Waals surface area contributed by atoms with E-state index in [0.717, 1.165) is 25.9 Å². The van der Waals surface area contributed by atoms with E-state index in [9.17, 15) is 4.79 Å². The van der Waals surface area contributed by atoms with Crippen LogP contribution in [0.25, 0.3) is 0 Å². The minimum Gasteiger partial charge on any atom is -0.376 e. The molecule has 1 aromatic heterocycles. The third-order valence-corrected chi connectivity index (χ3v) is 3.16. The quantitative estimate of drug-likeness (QED) is 0.901. The third-order valence-electron chi connectivity index (χ3n) is 2.86. The van der Waals surface area contributed by atoms with E-state index in [1.165, 1.54) is 6.20 Å². The van der Waals surface area contributed by atoms with Crippen molar-refractivity contribution in [3.63, 3.8) is 0 Å². The normalized spacial score (nSPS) is 19.1. The summed E-state index contributed by atoms with van der Waals surface area (Å²) in [7, 11) is 0. The molecular formula is C13H17ClN2O3. The lowest BCUT2D eigenvalue weighted by atomic mass is 10.1. The lowest BCUT2D eigenvalue weighted by Crippen LogP contribution is -2.27. The molecule has 1 N–H and O–H groups in total. The number of amides is 1. The summed E-state index contributed by atoms with van der Waals surface area (Å²) in [6, 6.07) is 1.64. The maximum absolute atomic E-state index is 11.7. The Morgan fingerprint density at radius 3 is 3.21 bits per heavy atom. The van der Waals surface area contributed by atoms with Crippen LogP contribution in [0.4, 0.5) is 5.69 Å². The molecule has 0 spiro atoms. The second kappa shape index (κ2) is 7.43. The van der Waals surface area contributed by atoms with Gasteiger partial charge in [0.15, 0.2) is 0 Å². The number of hydrogen-bond acceptors (Lipinski definition) is 4. The monoisotopic (exact) mass is 284 g/mol. The Morgan fingerprint density at radius 2 is 2.47 bits per heavy atom. The molecule has 19 heavy (non-hydrogen) atoms. The lowest BCUT2D eigenvalue weighted by Gasteiger charge is -2.22. The second-order valence-electron chi connectivity index (χ2n) is 4.41. The number of ether oxygens (including phenoxy) is 2. The first-order valence-electron chi connectivity index (χ1n) is 6.34. The SMILES string of the molecule is O=C(COCC1CCCCO1)Nc1ccncc1Cl. The Hall–Kier alpha value is -1.17. The van der Waals surface area contributed by atoms with Crippen molar-refractivity contribution in [3.05, 3.63) is 23.5 Å². The average Bonchev–Trinajstić information content (AvgIpc) is 2.43. The maximum atomic E-state index is 11.7. The minimum absolute atomic E-state index is 0.00148. The molecular weight excluding hydrogens is 268 g/mol. The molecule has 6 heteroatoms. The lowest BCUT2D eigenvalue weighted by molar-refractivity contribution is -0.122. The van der Waals surface area contributed by atoms with Gasteiger partial charge in [0.2, 0.25) is 5.91 Å².